The molecular formula is C7H9N3O2. The number of ether oxygens (including phenoxy) is 1. The monoisotopic (exact) mass is 167 g/mol. The van der Waals surface area contributed by atoms with E-state index in [-0.39, 0.29) is 12.1 Å². The van der Waals surface area contributed by atoms with Crippen LogP contribution in [0, 0.1) is 0 Å². The van der Waals surface area contributed by atoms with Crippen LogP contribution < -0.4 is 5.32 Å². The molecule has 1 aromatic heterocycles. The Morgan fingerprint density at radius 1 is 1.83 bits per heavy atom. The number of nitrogens with one attached hydrogen (secondary N) is 1. The van der Waals surface area contributed by atoms with Crippen LogP contribution in [0.5, 0.6) is 0 Å². The summed E-state index contributed by atoms with van der Waals surface area (Å²) < 4.78 is 6.56. The van der Waals surface area contributed by atoms with E-state index < -0.39 is 0 Å². The van der Waals surface area contributed by atoms with Gasteiger partial charge < -0.3 is 14.6 Å². The highest BCUT2D eigenvalue weighted by Gasteiger charge is 2.25. The van der Waals surface area contributed by atoms with Gasteiger partial charge in [-0.3, -0.25) is 0 Å². The van der Waals surface area contributed by atoms with E-state index in [2.05, 4.69) is 10.3 Å². The minimum atomic E-state index is -0.370. The third kappa shape index (κ3) is 1.13. The highest BCUT2D eigenvalue weighted by atomic mass is 16.6. The van der Waals surface area contributed by atoms with Crippen LogP contribution in [0.3, 0.4) is 0 Å². The molecule has 2 heterocycles. The SMILES string of the molecule is Cn1cnc(C2COC(=O)N2)c1. The van der Waals surface area contributed by atoms with Crippen molar-refractivity contribution in [1.29, 1.82) is 0 Å². The normalized spacial score (nSPS) is 22.1. The van der Waals surface area contributed by atoms with E-state index in [4.69, 9.17) is 4.74 Å². The molecule has 1 aliphatic rings. The fraction of sp³-hybridized carbons (Fsp3) is 0.429. The Hall–Kier alpha value is -1.52. The number of aryl methyl sites for hydroxylation is 1. The number of hydrogen-bond donors (Lipinski definition) is 1. The van der Waals surface area contributed by atoms with Crippen molar-refractivity contribution < 1.29 is 9.53 Å². The number of alkyl carbamates (subject to hydrolysis) is 1. The van der Waals surface area contributed by atoms with Crippen LogP contribution in [-0.2, 0) is 11.8 Å². The summed E-state index contributed by atoms with van der Waals surface area (Å²) in [6.45, 7) is 0.371. The maximum absolute atomic E-state index is 10.7. The lowest BCUT2D eigenvalue weighted by atomic mass is 10.2. The topological polar surface area (TPSA) is 56.2 Å². The van der Waals surface area contributed by atoms with Crippen LogP contribution in [0.2, 0.25) is 0 Å². The van der Waals surface area contributed by atoms with Gasteiger partial charge in [0.2, 0.25) is 0 Å². The number of hydrogen-bond acceptors (Lipinski definition) is 3. The van der Waals surface area contributed by atoms with Gasteiger partial charge in [-0.1, -0.05) is 0 Å². The van der Waals surface area contributed by atoms with E-state index in [0.717, 1.165) is 5.69 Å². The second kappa shape index (κ2) is 2.51. The van der Waals surface area contributed by atoms with E-state index in [0.29, 0.717) is 6.61 Å². The number of amides is 1. The summed E-state index contributed by atoms with van der Waals surface area (Å²) in [5, 5.41) is 2.65. The number of carbonyl (C=O) groups is 1. The molecule has 1 unspecified atom stereocenters. The molecule has 64 valence electrons. The van der Waals surface area contributed by atoms with Crippen LogP contribution in [0.15, 0.2) is 12.5 Å². The highest BCUT2D eigenvalue weighted by molar-refractivity contribution is 5.69. The van der Waals surface area contributed by atoms with Gasteiger partial charge in [-0.2, -0.15) is 0 Å². The van der Waals surface area contributed by atoms with Crippen molar-refractivity contribution in [3.05, 3.63) is 18.2 Å². The summed E-state index contributed by atoms with van der Waals surface area (Å²) in [6.07, 6.45) is 3.19. The summed E-state index contributed by atoms with van der Waals surface area (Å²) in [7, 11) is 1.88. The number of nitrogens with zero attached hydrogens (tertiary/aromatic N) is 2. The Kier molecular flexibility index (Phi) is 1.49. The second-order valence-electron chi connectivity index (χ2n) is 2.76. The first kappa shape index (κ1) is 7.15. The zero-order chi connectivity index (χ0) is 8.55. The summed E-state index contributed by atoms with van der Waals surface area (Å²) in [4.78, 5) is 14.8. The Morgan fingerprint density at radius 3 is 3.17 bits per heavy atom. The molecule has 1 amide bonds. The van der Waals surface area contributed by atoms with Gasteiger partial charge >= 0.3 is 6.09 Å². The first-order valence-corrected chi connectivity index (χ1v) is 3.67. The number of imidazole rings is 1. The molecule has 1 fully saturated rings. The summed E-state index contributed by atoms with van der Waals surface area (Å²) in [5.41, 5.74) is 0.836. The maximum atomic E-state index is 10.7. The molecule has 1 N–H and O–H groups in total. The Morgan fingerprint density at radius 2 is 2.67 bits per heavy atom. The molecule has 0 aromatic carbocycles. The van der Waals surface area contributed by atoms with Crippen molar-refractivity contribution in [2.24, 2.45) is 7.05 Å². The van der Waals surface area contributed by atoms with Gasteiger partial charge in [0.1, 0.15) is 12.6 Å². The standard InChI is InChI=1S/C7H9N3O2/c1-10-2-5(8-4-10)6-3-12-7(11)9-6/h2,4,6H,3H2,1H3,(H,9,11). The minimum Gasteiger partial charge on any atom is -0.447 e. The molecule has 1 saturated heterocycles. The molecule has 5 heteroatoms. The largest absolute Gasteiger partial charge is 0.447 e. The van der Waals surface area contributed by atoms with Gasteiger partial charge in [-0.05, 0) is 0 Å². The Bertz CT molecular complexity index is 307. The highest BCUT2D eigenvalue weighted by Crippen LogP contribution is 2.14. The average Bonchev–Trinajstić information content (AvgIpc) is 2.58. The summed E-state index contributed by atoms with van der Waals surface area (Å²) >= 11 is 0. The van der Waals surface area contributed by atoms with Crippen molar-refractivity contribution in [1.82, 2.24) is 14.9 Å². The maximum Gasteiger partial charge on any atom is 0.407 e. The molecule has 12 heavy (non-hydrogen) atoms. The average molecular weight is 167 g/mol. The van der Waals surface area contributed by atoms with Gasteiger partial charge in [0.05, 0.1) is 12.0 Å². The molecule has 0 radical (unpaired) electrons. The second-order valence-corrected chi connectivity index (χ2v) is 2.76. The molecule has 0 bridgehead atoms. The fourth-order valence-electron chi connectivity index (χ4n) is 1.16. The first-order chi connectivity index (χ1) is 5.75. The van der Waals surface area contributed by atoms with Crippen molar-refractivity contribution in [2.45, 2.75) is 6.04 Å². The number of aromatic nitrogens is 2. The van der Waals surface area contributed by atoms with Crippen molar-refractivity contribution >= 4 is 6.09 Å². The first-order valence-electron chi connectivity index (χ1n) is 3.67. The van der Waals surface area contributed by atoms with Gasteiger partial charge in [-0.25, -0.2) is 9.78 Å². The molecule has 5 nitrogen and oxygen atoms in total. The van der Waals surface area contributed by atoms with Gasteiger partial charge in [0.15, 0.2) is 0 Å². The smallest absolute Gasteiger partial charge is 0.407 e. The van der Waals surface area contributed by atoms with Crippen molar-refractivity contribution in [2.75, 3.05) is 6.61 Å². The zero-order valence-electron chi connectivity index (χ0n) is 6.65. The molecule has 0 spiro atoms. The van der Waals surface area contributed by atoms with E-state index >= 15 is 0 Å². The zero-order valence-corrected chi connectivity index (χ0v) is 6.65. The van der Waals surface area contributed by atoms with E-state index in [9.17, 15) is 4.79 Å². The van der Waals surface area contributed by atoms with Gasteiger partial charge in [-0.15, -0.1) is 0 Å². The number of rotatable bonds is 1. The molecule has 1 atom stereocenters. The van der Waals surface area contributed by atoms with E-state index in [1.54, 1.807) is 6.33 Å². The van der Waals surface area contributed by atoms with Crippen LogP contribution >= 0.6 is 0 Å². The van der Waals surface area contributed by atoms with Crippen molar-refractivity contribution in [3.63, 3.8) is 0 Å². The molecule has 0 aliphatic carbocycles. The van der Waals surface area contributed by atoms with Crippen molar-refractivity contribution in [3.8, 4) is 0 Å². The third-order valence-electron chi connectivity index (χ3n) is 1.76. The third-order valence-corrected chi connectivity index (χ3v) is 1.76. The minimum absolute atomic E-state index is 0.0845. The quantitative estimate of drug-likeness (QED) is 0.650. The molecule has 1 aliphatic heterocycles. The fourth-order valence-corrected chi connectivity index (χ4v) is 1.16. The lowest BCUT2D eigenvalue weighted by molar-refractivity contribution is 0.177. The predicted molar refractivity (Wildman–Crippen MR) is 40.4 cm³/mol. The Balaban J connectivity index is 2.15. The molecular weight excluding hydrogens is 158 g/mol. The predicted octanol–water partition coefficient (Wildman–Crippen LogP) is 0.201. The van der Waals surface area contributed by atoms with Crippen LogP contribution in [-0.4, -0.2) is 22.3 Å². The Labute approximate surface area is 69.3 Å². The molecule has 0 saturated carbocycles. The summed E-state index contributed by atoms with van der Waals surface area (Å²) in [6, 6.07) is -0.0845. The van der Waals surface area contributed by atoms with E-state index in [1.165, 1.54) is 0 Å². The van der Waals surface area contributed by atoms with Crippen LogP contribution in [0.1, 0.15) is 11.7 Å². The van der Waals surface area contributed by atoms with E-state index in [1.807, 2.05) is 17.8 Å². The van der Waals surface area contributed by atoms with Gasteiger partial charge in [0, 0.05) is 13.2 Å². The number of cyclic esters (lactones) is 1. The lowest BCUT2D eigenvalue weighted by Gasteiger charge is -2.00. The molecule has 2 rings (SSSR count). The lowest BCUT2D eigenvalue weighted by Crippen LogP contribution is -2.18. The molecule has 1 aromatic rings. The van der Waals surface area contributed by atoms with Crippen LogP contribution in [0.4, 0.5) is 4.79 Å². The van der Waals surface area contributed by atoms with Crippen LogP contribution in [0.25, 0.3) is 0 Å². The van der Waals surface area contributed by atoms with Gasteiger partial charge in [0.25, 0.3) is 0 Å². The number of carbonyl (C=O) groups excluding carboxylic acids is 1. The summed E-state index contributed by atoms with van der Waals surface area (Å²) in [5.74, 6) is 0.